The molecular weight excluding hydrogens is 413 g/mol. The number of aryl methyl sites for hydroxylation is 1. The van der Waals surface area contributed by atoms with E-state index >= 15 is 0 Å². The minimum atomic E-state index is -4.46. The Bertz CT molecular complexity index is 1210. The fourth-order valence-electron chi connectivity index (χ4n) is 2.85. The SMILES string of the molecule is Cc1nc2c(c(COS(C)(=O)=O)nn2C(C)c2ccc(C(F)(F)F)cc2)c(=O)[nH]1. The maximum atomic E-state index is 12.8. The number of nitrogens with zero attached hydrogens (tertiary/aromatic N) is 3. The second-order valence-corrected chi connectivity index (χ2v) is 8.15. The summed E-state index contributed by atoms with van der Waals surface area (Å²) in [5.41, 5.74) is -0.585. The lowest BCUT2D eigenvalue weighted by Crippen LogP contribution is -2.13. The Labute approximate surface area is 163 Å². The van der Waals surface area contributed by atoms with Crippen LogP contribution in [0.15, 0.2) is 29.1 Å². The minimum Gasteiger partial charge on any atom is -0.310 e. The third-order valence-corrected chi connectivity index (χ3v) is 4.80. The fourth-order valence-corrected chi connectivity index (χ4v) is 3.18. The van der Waals surface area contributed by atoms with Gasteiger partial charge in [-0.3, -0.25) is 8.98 Å². The van der Waals surface area contributed by atoms with Gasteiger partial charge in [-0.25, -0.2) is 9.67 Å². The molecule has 156 valence electrons. The van der Waals surface area contributed by atoms with Crippen molar-refractivity contribution in [3.8, 4) is 0 Å². The van der Waals surface area contributed by atoms with Crippen LogP contribution in [-0.2, 0) is 27.1 Å². The van der Waals surface area contributed by atoms with Crippen molar-refractivity contribution in [2.75, 3.05) is 6.26 Å². The van der Waals surface area contributed by atoms with Gasteiger partial charge in [-0.1, -0.05) is 12.1 Å². The van der Waals surface area contributed by atoms with Gasteiger partial charge >= 0.3 is 6.18 Å². The van der Waals surface area contributed by atoms with Crippen molar-refractivity contribution in [2.24, 2.45) is 0 Å². The Morgan fingerprint density at radius 2 is 1.86 bits per heavy atom. The summed E-state index contributed by atoms with van der Waals surface area (Å²) in [6, 6.07) is 3.95. The van der Waals surface area contributed by atoms with Gasteiger partial charge in [0.05, 0.1) is 17.9 Å². The van der Waals surface area contributed by atoms with Crippen LogP contribution in [0, 0.1) is 6.92 Å². The number of benzene rings is 1. The summed E-state index contributed by atoms with van der Waals surface area (Å²) in [4.78, 5) is 19.2. The van der Waals surface area contributed by atoms with E-state index in [4.69, 9.17) is 4.18 Å². The number of halogens is 3. The van der Waals surface area contributed by atoms with Gasteiger partial charge in [0.25, 0.3) is 15.7 Å². The minimum absolute atomic E-state index is 0.0536. The van der Waals surface area contributed by atoms with Crippen molar-refractivity contribution in [1.82, 2.24) is 19.7 Å². The maximum absolute atomic E-state index is 12.8. The summed E-state index contributed by atoms with van der Waals surface area (Å²) in [6.07, 6.45) is -3.59. The molecule has 2 heterocycles. The number of rotatable bonds is 5. The topological polar surface area (TPSA) is 107 Å². The van der Waals surface area contributed by atoms with Crippen molar-refractivity contribution in [3.05, 3.63) is 57.3 Å². The molecule has 8 nitrogen and oxygen atoms in total. The van der Waals surface area contributed by atoms with E-state index in [1.54, 1.807) is 13.8 Å². The molecular formula is C17H17F3N4O4S. The average molecular weight is 430 g/mol. The Morgan fingerprint density at radius 1 is 1.24 bits per heavy atom. The molecule has 0 saturated carbocycles. The number of alkyl halides is 3. The molecule has 1 unspecified atom stereocenters. The second-order valence-electron chi connectivity index (χ2n) is 6.50. The first-order chi connectivity index (χ1) is 13.4. The van der Waals surface area contributed by atoms with Crippen LogP contribution >= 0.6 is 0 Å². The molecule has 3 rings (SSSR count). The molecule has 0 amide bonds. The van der Waals surface area contributed by atoms with Gasteiger partial charge in [-0.05, 0) is 31.5 Å². The zero-order valence-electron chi connectivity index (χ0n) is 15.6. The van der Waals surface area contributed by atoms with Gasteiger partial charge in [0, 0.05) is 0 Å². The van der Waals surface area contributed by atoms with Gasteiger partial charge in [-0.15, -0.1) is 0 Å². The highest BCUT2D eigenvalue weighted by atomic mass is 32.2. The third kappa shape index (κ3) is 4.48. The highest BCUT2D eigenvalue weighted by Crippen LogP contribution is 2.31. The largest absolute Gasteiger partial charge is 0.416 e. The van der Waals surface area contributed by atoms with Gasteiger partial charge in [0.2, 0.25) is 0 Å². The van der Waals surface area contributed by atoms with Crippen LogP contribution in [0.4, 0.5) is 13.2 Å². The lowest BCUT2D eigenvalue weighted by atomic mass is 10.1. The van der Waals surface area contributed by atoms with E-state index in [1.807, 2.05) is 0 Å². The standard InChI is InChI=1S/C17H17F3N4O4S/c1-9(11-4-6-12(7-5-11)17(18,19)20)24-15-14(16(25)22-10(2)21-15)13(23-24)8-28-29(3,26)27/h4-7,9H,8H2,1-3H3,(H,21,22,25). The summed E-state index contributed by atoms with van der Waals surface area (Å²) >= 11 is 0. The summed E-state index contributed by atoms with van der Waals surface area (Å²) < 4.78 is 67.1. The van der Waals surface area contributed by atoms with E-state index in [2.05, 4.69) is 15.1 Å². The second kappa shape index (κ2) is 7.26. The molecule has 0 radical (unpaired) electrons. The van der Waals surface area contributed by atoms with Crippen LogP contribution in [0.3, 0.4) is 0 Å². The van der Waals surface area contributed by atoms with Crippen molar-refractivity contribution >= 4 is 21.2 Å². The van der Waals surface area contributed by atoms with Gasteiger partial charge in [0.15, 0.2) is 5.65 Å². The summed E-state index contributed by atoms with van der Waals surface area (Å²) in [5.74, 6) is 0.304. The first-order valence-electron chi connectivity index (χ1n) is 8.36. The van der Waals surface area contributed by atoms with Crippen molar-refractivity contribution in [2.45, 2.75) is 32.7 Å². The number of nitrogens with one attached hydrogen (secondary N) is 1. The number of hydrogen-bond donors (Lipinski definition) is 1. The Balaban J connectivity index is 2.09. The van der Waals surface area contributed by atoms with Crippen molar-refractivity contribution in [3.63, 3.8) is 0 Å². The predicted octanol–water partition coefficient (Wildman–Crippen LogP) is 2.53. The van der Waals surface area contributed by atoms with E-state index in [0.717, 1.165) is 18.4 Å². The molecule has 0 spiro atoms. The molecule has 12 heteroatoms. The van der Waals surface area contributed by atoms with Crippen LogP contribution in [0.2, 0.25) is 0 Å². The van der Waals surface area contributed by atoms with E-state index in [0.29, 0.717) is 11.4 Å². The van der Waals surface area contributed by atoms with E-state index in [1.165, 1.54) is 16.8 Å². The summed E-state index contributed by atoms with van der Waals surface area (Å²) in [7, 11) is -3.78. The Kier molecular flexibility index (Phi) is 5.26. The lowest BCUT2D eigenvalue weighted by Gasteiger charge is -2.15. The molecule has 3 aromatic rings. The Morgan fingerprint density at radius 3 is 2.41 bits per heavy atom. The first kappa shape index (κ1) is 21.0. The molecule has 29 heavy (non-hydrogen) atoms. The molecule has 0 aliphatic heterocycles. The molecule has 0 saturated heterocycles. The molecule has 1 atom stereocenters. The maximum Gasteiger partial charge on any atom is 0.416 e. The van der Waals surface area contributed by atoms with E-state index < -0.39 is 40.1 Å². The van der Waals surface area contributed by atoms with Crippen LogP contribution in [0.5, 0.6) is 0 Å². The van der Waals surface area contributed by atoms with Gasteiger partial charge in [-0.2, -0.15) is 26.7 Å². The van der Waals surface area contributed by atoms with Gasteiger partial charge < -0.3 is 4.98 Å². The third-order valence-electron chi connectivity index (χ3n) is 4.25. The summed E-state index contributed by atoms with van der Waals surface area (Å²) in [5, 5.41) is 4.32. The number of aromatic nitrogens is 4. The van der Waals surface area contributed by atoms with Crippen LogP contribution in [-0.4, -0.2) is 34.4 Å². The molecule has 0 fully saturated rings. The summed E-state index contributed by atoms with van der Waals surface area (Å²) in [6.45, 7) is 2.76. The predicted molar refractivity (Wildman–Crippen MR) is 97.8 cm³/mol. The molecule has 0 aliphatic rings. The number of aromatic amines is 1. The van der Waals surface area contributed by atoms with E-state index in [9.17, 15) is 26.4 Å². The quantitative estimate of drug-likeness (QED) is 0.624. The first-order valence-corrected chi connectivity index (χ1v) is 10.2. The highest BCUT2D eigenvalue weighted by molar-refractivity contribution is 7.85. The molecule has 2 aromatic heterocycles. The monoisotopic (exact) mass is 430 g/mol. The lowest BCUT2D eigenvalue weighted by molar-refractivity contribution is -0.137. The van der Waals surface area contributed by atoms with E-state index in [-0.39, 0.29) is 16.7 Å². The molecule has 1 N–H and O–H groups in total. The van der Waals surface area contributed by atoms with Gasteiger partial charge in [0.1, 0.15) is 23.5 Å². The van der Waals surface area contributed by atoms with Crippen LogP contribution in [0.1, 0.15) is 35.6 Å². The highest BCUT2D eigenvalue weighted by Gasteiger charge is 2.30. The molecule has 0 aliphatic carbocycles. The average Bonchev–Trinajstić information content (AvgIpc) is 2.97. The molecule has 0 bridgehead atoms. The van der Waals surface area contributed by atoms with Crippen LogP contribution in [0.25, 0.3) is 11.0 Å². The number of hydrogen-bond acceptors (Lipinski definition) is 6. The molecule has 1 aromatic carbocycles. The number of fused-ring (bicyclic) bond motifs is 1. The van der Waals surface area contributed by atoms with Crippen molar-refractivity contribution in [1.29, 1.82) is 0 Å². The number of H-pyrrole nitrogens is 1. The smallest absolute Gasteiger partial charge is 0.310 e. The van der Waals surface area contributed by atoms with Crippen molar-refractivity contribution < 1.29 is 25.8 Å². The Hall–Kier alpha value is -2.73. The zero-order valence-corrected chi connectivity index (χ0v) is 16.4. The van der Waals surface area contributed by atoms with Crippen LogP contribution < -0.4 is 5.56 Å². The fraction of sp³-hybridized carbons (Fsp3) is 0.353. The normalized spacial score (nSPS) is 13.7. The zero-order chi connectivity index (χ0) is 21.6.